The summed E-state index contributed by atoms with van der Waals surface area (Å²) < 4.78 is 0. The third kappa shape index (κ3) is 2.21. The Morgan fingerprint density at radius 1 is 1.25 bits per heavy atom. The molecule has 0 radical (unpaired) electrons. The van der Waals surface area contributed by atoms with E-state index in [-0.39, 0.29) is 5.91 Å². The molecule has 0 spiro atoms. The molecule has 3 nitrogen and oxygen atoms in total. The summed E-state index contributed by atoms with van der Waals surface area (Å²) in [6, 6.07) is 11.5. The summed E-state index contributed by atoms with van der Waals surface area (Å²) in [6.07, 6.45) is 3.41. The van der Waals surface area contributed by atoms with Crippen LogP contribution >= 0.6 is 11.3 Å². The van der Waals surface area contributed by atoms with Gasteiger partial charge in [0.05, 0.1) is 16.1 Å². The highest BCUT2D eigenvalue weighted by Crippen LogP contribution is 2.23. The molecule has 3 aromatic rings. The molecule has 2 heterocycles. The van der Waals surface area contributed by atoms with Crippen LogP contribution in [0.4, 0.5) is 5.69 Å². The number of pyridine rings is 1. The van der Waals surface area contributed by atoms with Crippen LogP contribution < -0.4 is 5.32 Å². The minimum absolute atomic E-state index is 0.131. The fourth-order valence-corrected chi connectivity index (χ4v) is 2.84. The number of thiophene rings is 1. The van der Waals surface area contributed by atoms with Crippen LogP contribution in [0.2, 0.25) is 0 Å². The van der Waals surface area contributed by atoms with Gasteiger partial charge in [0.2, 0.25) is 0 Å². The van der Waals surface area contributed by atoms with Crippen LogP contribution in [0.5, 0.6) is 0 Å². The van der Waals surface area contributed by atoms with Gasteiger partial charge in [0, 0.05) is 11.6 Å². The summed E-state index contributed by atoms with van der Waals surface area (Å²) >= 11 is 1.40. The molecule has 3 rings (SSSR count). The van der Waals surface area contributed by atoms with Gasteiger partial charge in [-0.1, -0.05) is 30.9 Å². The van der Waals surface area contributed by atoms with Crippen LogP contribution in [0.3, 0.4) is 0 Å². The molecule has 4 heteroatoms. The van der Waals surface area contributed by atoms with Crippen molar-refractivity contribution in [3.8, 4) is 0 Å². The van der Waals surface area contributed by atoms with Gasteiger partial charge in [0.25, 0.3) is 5.91 Å². The molecule has 98 valence electrons. The maximum atomic E-state index is 12.3. The lowest BCUT2D eigenvalue weighted by atomic mass is 10.2. The summed E-state index contributed by atoms with van der Waals surface area (Å²) in [7, 11) is 0. The monoisotopic (exact) mass is 280 g/mol. The van der Waals surface area contributed by atoms with Crippen molar-refractivity contribution in [2.75, 3.05) is 5.32 Å². The number of anilines is 1. The minimum Gasteiger partial charge on any atom is -0.319 e. The van der Waals surface area contributed by atoms with E-state index in [1.165, 1.54) is 11.3 Å². The normalized spacial score (nSPS) is 10.4. The van der Waals surface area contributed by atoms with Crippen molar-refractivity contribution in [1.82, 2.24) is 4.98 Å². The van der Waals surface area contributed by atoms with Crippen molar-refractivity contribution < 1.29 is 4.79 Å². The molecule has 2 aromatic heterocycles. The molecule has 0 fully saturated rings. The van der Waals surface area contributed by atoms with Crippen molar-refractivity contribution >= 4 is 39.9 Å². The van der Waals surface area contributed by atoms with E-state index in [0.29, 0.717) is 4.88 Å². The Hall–Kier alpha value is -2.46. The number of aromatic nitrogens is 1. The number of carbonyl (C=O) groups is 1. The van der Waals surface area contributed by atoms with Gasteiger partial charge >= 0.3 is 0 Å². The molecule has 0 saturated heterocycles. The largest absolute Gasteiger partial charge is 0.319 e. The van der Waals surface area contributed by atoms with Crippen LogP contribution in [0, 0.1) is 0 Å². The molecule has 0 aliphatic carbocycles. The predicted octanol–water partition coefficient (Wildman–Crippen LogP) is 4.19. The van der Waals surface area contributed by atoms with Crippen molar-refractivity contribution in [3.05, 3.63) is 65.0 Å². The van der Waals surface area contributed by atoms with E-state index in [4.69, 9.17) is 0 Å². The lowest BCUT2D eigenvalue weighted by Crippen LogP contribution is -2.11. The van der Waals surface area contributed by atoms with E-state index < -0.39 is 0 Å². The van der Waals surface area contributed by atoms with Gasteiger partial charge in [0.1, 0.15) is 0 Å². The molecule has 1 amide bonds. The van der Waals surface area contributed by atoms with E-state index >= 15 is 0 Å². The summed E-state index contributed by atoms with van der Waals surface area (Å²) in [5.74, 6) is -0.131. The number of nitrogens with zero attached hydrogens (tertiary/aromatic N) is 1. The molecule has 1 N–H and O–H groups in total. The predicted molar refractivity (Wildman–Crippen MR) is 84.1 cm³/mol. The highest BCUT2D eigenvalue weighted by atomic mass is 32.1. The number of para-hydroxylation sites is 1. The third-order valence-corrected chi connectivity index (χ3v) is 3.93. The fourth-order valence-electron chi connectivity index (χ4n) is 2.05. The number of benzene rings is 1. The second kappa shape index (κ2) is 5.27. The molecular formula is C16H12N2OS. The number of carbonyl (C=O) groups excluding carboxylic acids is 1. The van der Waals surface area contributed by atoms with Gasteiger partial charge in [-0.25, -0.2) is 0 Å². The quantitative estimate of drug-likeness (QED) is 0.781. The molecular weight excluding hydrogens is 268 g/mol. The van der Waals surface area contributed by atoms with Crippen LogP contribution in [-0.2, 0) is 0 Å². The van der Waals surface area contributed by atoms with E-state index in [0.717, 1.165) is 22.2 Å². The first kappa shape index (κ1) is 12.6. The summed E-state index contributed by atoms with van der Waals surface area (Å²) in [6.45, 7) is 3.72. The Morgan fingerprint density at radius 3 is 2.95 bits per heavy atom. The van der Waals surface area contributed by atoms with Crippen LogP contribution in [0.1, 0.15) is 15.2 Å². The van der Waals surface area contributed by atoms with Gasteiger partial charge in [-0.3, -0.25) is 9.78 Å². The van der Waals surface area contributed by atoms with E-state index in [1.54, 1.807) is 12.3 Å². The zero-order chi connectivity index (χ0) is 13.9. The van der Waals surface area contributed by atoms with Gasteiger partial charge in [0.15, 0.2) is 0 Å². The molecule has 0 atom stereocenters. The van der Waals surface area contributed by atoms with Gasteiger partial charge in [-0.2, -0.15) is 0 Å². The lowest BCUT2D eigenvalue weighted by Gasteiger charge is -2.07. The lowest BCUT2D eigenvalue weighted by molar-refractivity contribution is 0.103. The Labute approximate surface area is 120 Å². The molecule has 0 aliphatic rings. The third-order valence-electron chi connectivity index (χ3n) is 3.00. The van der Waals surface area contributed by atoms with E-state index in [9.17, 15) is 4.79 Å². The average molecular weight is 280 g/mol. The van der Waals surface area contributed by atoms with Crippen LogP contribution in [0.25, 0.3) is 17.0 Å². The SMILES string of the molecule is C=Cc1ccsc1C(=O)Nc1cccc2cccnc12. The summed E-state index contributed by atoms with van der Waals surface area (Å²) in [5.41, 5.74) is 2.36. The molecule has 1 aromatic carbocycles. The van der Waals surface area contributed by atoms with Gasteiger partial charge in [-0.05, 0) is 29.1 Å². The van der Waals surface area contributed by atoms with E-state index in [2.05, 4.69) is 16.9 Å². The second-order valence-electron chi connectivity index (χ2n) is 4.24. The van der Waals surface area contributed by atoms with Crippen molar-refractivity contribution in [3.63, 3.8) is 0 Å². The Bertz CT molecular complexity index is 787. The number of amides is 1. The fraction of sp³-hybridized carbons (Fsp3) is 0. The standard InChI is InChI=1S/C16H12N2OS/c1-2-11-8-10-20-15(11)16(19)18-13-7-3-5-12-6-4-9-17-14(12)13/h2-10H,1H2,(H,18,19). The zero-order valence-corrected chi connectivity index (χ0v) is 11.5. The molecule has 0 bridgehead atoms. The summed E-state index contributed by atoms with van der Waals surface area (Å²) in [5, 5.41) is 5.81. The van der Waals surface area contributed by atoms with E-state index in [1.807, 2.05) is 41.8 Å². The second-order valence-corrected chi connectivity index (χ2v) is 5.16. The Morgan fingerprint density at radius 2 is 2.10 bits per heavy atom. The molecule has 20 heavy (non-hydrogen) atoms. The topological polar surface area (TPSA) is 42.0 Å². The van der Waals surface area contributed by atoms with Gasteiger partial charge in [-0.15, -0.1) is 11.3 Å². The van der Waals surface area contributed by atoms with Crippen LogP contribution in [0.15, 0.2) is 54.6 Å². The highest BCUT2D eigenvalue weighted by Gasteiger charge is 2.13. The van der Waals surface area contributed by atoms with Crippen molar-refractivity contribution in [2.45, 2.75) is 0 Å². The maximum absolute atomic E-state index is 12.3. The zero-order valence-electron chi connectivity index (χ0n) is 10.7. The smallest absolute Gasteiger partial charge is 0.266 e. The number of rotatable bonds is 3. The number of nitrogens with one attached hydrogen (secondary N) is 1. The van der Waals surface area contributed by atoms with Gasteiger partial charge < -0.3 is 5.32 Å². The van der Waals surface area contributed by atoms with Crippen molar-refractivity contribution in [2.24, 2.45) is 0 Å². The number of hydrogen-bond donors (Lipinski definition) is 1. The number of fused-ring (bicyclic) bond motifs is 1. The first-order valence-electron chi connectivity index (χ1n) is 6.14. The first-order valence-corrected chi connectivity index (χ1v) is 7.02. The maximum Gasteiger partial charge on any atom is 0.266 e. The average Bonchev–Trinajstić information content (AvgIpc) is 2.96. The molecule has 0 unspecified atom stereocenters. The number of hydrogen-bond acceptors (Lipinski definition) is 3. The molecule has 0 saturated carbocycles. The first-order chi connectivity index (χ1) is 9.79. The van der Waals surface area contributed by atoms with Crippen molar-refractivity contribution in [1.29, 1.82) is 0 Å². The minimum atomic E-state index is -0.131. The Balaban J connectivity index is 1.97. The summed E-state index contributed by atoms with van der Waals surface area (Å²) in [4.78, 5) is 17.3. The highest BCUT2D eigenvalue weighted by molar-refractivity contribution is 7.12. The Kier molecular flexibility index (Phi) is 3.31. The molecule has 0 aliphatic heterocycles. The van der Waals surface area contributed by atoms with Crippen LogP contribution in [-0.4, -0.2) is 10.9 Å².